The van der Waals surface area contributed by atoms with E-state index in [4.69, 9.17) is 4.74 Å². The van der Waals surface area contributed by atoms with Crippen LogP contribution in [0.2, 0.25) is 0 Å². The summed E-state index contributed by atoms with van der Waals surface area (Å²) >= 11 is 0. The minimum Gasteiger partial charge on any atom is -0.350 e. The van der Waals surface area contributed by atoms with Crippen LogP contribution >= 0.6 is 0 Å². The zero-order chi connectivity index (χ0) is 23.4. The number of hydrogen-bond acceptors (Lipinski definition) is 1. The Kier molecular flexibility index (Phi) is 28.9. The Bertz CT molecular complexity index is 318. The summed E-state index contributed by atoms with van der Waals surface area (Å²) in [5.41, 5.74) is 0. The van der Waals surface area contributed by atoms with Gasteiger partial charge in [0.1, 0.15) is 0 Å². The van der Waals surface area contributed by atoms with Gasteiger partial charge in [-0.2, -0.15) is 0 Å². The molecule has 0 spiro atoms. The number of ether oxygens (including phenoxy) is 1. The minimum absolute atomic E-state index is 0.671. The third kappa shape index (κ3) is 28.0. The van der Waals surface area contributed by atoms with Crippen LogP contribution in [0.25, 0.3) is 0 Å². The van der Waals surface area contributed by atoms with Crippen molar-refractivity contribution in [2.75, 3.05) is 6.61 Å². The van der Waals surface area contributed by atoms with Crippen LogP contribution in [-0.4, -0.2) is 12.9 Å². The van der Waals surface area contributed by atoms with Crippen LogP contribution in [0.5, 0.6) is 0 Å². The van der Waals surface area contributed by atoms with Crippen molar-refractivity contribution in [3.63, 3.8) is 0 Å². The van der Waals surface area contributed by atoms with E-state index in [9.17, 15) is 5.11 Å². The normalized spacial score (nSPS) is 12.5. The van der Waals surface area contributed by atoms with Gasteiger partial charge in [-0.05, 0) is 12.8 Å². The maximum Gasteiger partial charge on any atom is 0.191 e. The van der Waals surface area contributed by atoms with Gasteiger partial charge in [0.25, 0.3) is 0 Å². The molecule has 0 N–H and O–H groups in total. The van der Waals surface area contributed by atoms with Crippen molar-refractivity contribution in [2.45, 2.75) is 187 Å². The van der Waals surface area contributed by atoms with Crippen LogP contribution in [0.4, 0.5) is 0 Å². The molecule has 1 unspecified atom stereocenters. The summed E-state index contributed by atoms with van der Waals surface area (Å²) < 4.78 is 5.49. The largest absolute Gasteiger partial charge is 0.350 e. The molecule has 0 bridgehead atoms. The summed E-state index contributed by atoms with van der Waals surface area (Å²) in [5.74, 6) is 0. The molecule has 0 saturated carbocycles. The predicted octanol–water partition coefficient (Wildman–Crippen LogP) is 10.9. The third-order valence-corrected chi connectivity index (χ3v) is 6.85. The quantitative estimate of drug-likeness (QED) is 0.0855. The lowest BCUT2D eigenvalue weighted by molar-refractivity contribution is -0.144. The third-order valence-electron chi connectivity index (χ3n) is 6.85. The first kappa shape index (κ1) is 31.9. The molecule has 0 rings (SSSR count). The Morgan fingerprint density at radius 2 is 0.688 bits per heavy atom. The fraction of sp³-hybridized carbons (Fsp3) is 1.00. The molecule has 1 radical (unpaired) electrons. The first-order chi connectivity index (χ1) is 15.8. The highest BCUT2D eigenvalue weighted by Crippen LogP contribution is 2.15. The molecule has 0 fully saturated rings. The van der Waals surface area contributed by atoms with Crippen molar-refractivity contribution < 1.29 is 9.84 Å². The van der Waals surface area contributed by atoms with E-state index in [1.165, 1.54) is 148 Å². The summed E-state index contributed by atoms with van der Waals surface area (Å²) in [5, 5.41) is 11.9. The second-order valence-corrected chi connectivity index (χ2v) is 10.2. The van der Waals surface area contributed by atoms with Gasteiger partial charge in [0.05, 0.1) is 0 Å². The number of hydrogen-bond donors (Lipinski definition) is 0. The molecule has 2 heteroatoms. The standard InChI is InChI=1S/C30H61O2/c1-3-5-7-9-11-13-15-16-17-19-21-23-25-27-29-32-30(31)28-26-24-22-20-18-14-12-10-8-6-4-2/h30H,3-29H2,1-2H3. The Balaban J connectivity index is 3.12. The monoisotopic (exact) mass is 453 g/mol. The van der Waals surface area contributed by atoms with E-state index in [1.54, 1.807) is 0 Å². The molecule has 1 atom stereocenters. The molecule has 0 aromatic heterocycles. The van der Waals surface area contributed by atoms with Crippen LogP contribution in [0.15, 0.2) is 0 Å². The van der Waals surface area contributed by atoms with Gasteiger partial charge in [-0.1, -0.05) is 162 Å². The van der Waals surface area contributed by atoms with E-state index in [2.05, 4.69) is 13.8 Å². The Hall–Kier alpha value is -0.0800. The zero-order valence-electron chi connectivity index (χ0n) is 22.5. The fourth-order valence-corrected chi connectivity index (χ4v) is 4.57. The average Bonchev–Trinajstić information content (AvgIpc) is 2.80. The number of rotatable bonds is 28. The Labute approximate surface area is 203 Å². The second-order valence-electron chi connectivity index (χ2n) is 10.2. The molecule has 0 aromatic carbocycles. The van der Waals surface area contributed by atoms with Gasteiger partial charge in [0.15, 0.2) is 6.29 Å². The van der Waals surface area contributed by atoms with E-state index in [0.29, 0.717) is 13.0 Å². The topological polar surface area (TPSA) is 29.1 Å². The second kappa shape index (κ2) is 29.0. The minimum atomic E-state index is -0.782. The highest BCUT2D eigenvalue weighted by atomic mass is 16.6. The molecular formula is C30H61O2. The zero-order valence-corrected chi connectivity index (χ0v) is 22.5. The molecule has 0 heterocycles. The van der Waals surface area contributed by atoms with Gasteiger partial charge in [0, 0.05) is 13.0 Å². The van der Waals surface area contributed by atoms with Crippen molar-refractivity contribution in [1.82, 2.24) is 0 Å². The predicted molar refractivity (Wildman–Crippen MR) is 142 cm³/mol. The molecule has 32 heavy (non-hydrogen) atoms. The molecule has 0 aliphatic heterocycles. The van der Waals surface area contributed by atoms with Gasteiger partial charge in [-0.3, -0.25) is 0 Å². The van der Waals surface area contributed by atoms with Crippen LogP contribution in [0, 0.1) is 0 Å². The first-order valence-electron chi connectivity index (χ1n) is 15.1. The fourth-order valence-electron chi connectivity index (χ4n) is 4.57. The molecule has 0 aliphatic carbocycles. The van der Waals surface area contributed by atoms with Gasteiger partial charge >= 0.3 is 0 Å². The van der Waals surface area contributed by atoms with E-state index in [-0.39, 0.29) is 0 Å². The lowest BCUT2D eigenvalue weighted by atomic mass is 10.0. The van der Waals surface area contributed by atoms with Crippen molar-refractivity contribution in [1.29, 1.82) is 0 Å². The van der Waals surface area contributed by atoms with Crippen molar-refractivity contribution in [3.8, 4) is 0 Å². The van der Waals surface area contributed by atoms with Crippen molar-refractivity contribution in [3.05, 3.63) is 0 Å². The van der Waals surface area contributed by atoms with E-state index in [1.807, 2.05) is 0 Å². The molecule has 0 aliphatic rings. The van der Waals surface area contributed by atoms with Gasteiger partial charge in [-0.15, -0.1) is 0 Å². The van der Waals surface area contributed by atoms with E-state index in [0.717, 1.165) is 12.8 Å². The van der Waals surface area contributed by atoms with Crippen LogP contribution < -0.4 is 0 Å². The van der Waals surface area contributed by atoms with Crippen LogP contribution in [0.3, 0.4) is 0 Å². The summed E-state index contributed by atoms with van der Waals surface area (Å²) in [7, 11) is 0. The summed E-state index contributed by atoms with van der Waals surface area (Å²) in [6.07, 6.45) is 33.7. The lowest BCUT2D eigenvalue weighted by Crippen LogP contribution is -2.11. The lowest BCUT2D eigenvalue weighted by Gasteiger charge is -2.10. The molecule has 0 saturated heterocycles. The molecule has 2 nitrogen and oxygen atoms in total. The highest BCUT2D eigenvalue weighted by Gasteiger charge is 2.05. The summed E-state index contributed by atoms with van der Waals surface area (Å²) in [6, 6.07) is 0. The highest BCUT2D eigenvalue weighted by molar-refractivity contribution is 4.51. The molecule has 193 valence electrons. The maximum atomic E-state index is 11.9. The average molecular weight is 454 g/mol. The maximum absolute atomic E-state index is 11.9. The first-order valence-corrected chi connectivity index (χ1v) is 15.1. The summed E-state index contributed by atoms with van der Waals surface area (Å²) in [6.45, 7) is 5.23. The summed E-state index contributed by atoms with van der Waals surface area (Å²) in [4.78, 5) is 0. The van der Waals surface area contributed by atoms with E-state index >= 15 is 0 Å². The van der Waals surface area contributed by atoms with Crippen molar-refractivity contribution >= 4 is 0 Å². The molecular weight excluding hydrogens is 392 g/mol. The SMILES string of the molecule is CCCCCCCCCCCCCCCCOC([O])CCCCCCCCCCCCC. The van der Waals surface area contributed by atoms with Crippen LogP contribution in [-0.2, 0) is 9.84 Å². The smallest absolute Gasteiger partial charge is 0.191 e. The number of unbranched alkanes of at least 4 members (excludes halogenated alkanes) is 23. The van der Waals surface area contributed by atoms with Crippen molar-refractivity contribution in [2.24, 2.45) is 0 Å². The van der Waals surface area contributed by atoms with Gasteiger partial charge < -0.3 is 4.74 Å². The van der Waals surface area contributed by atoms with Crippen LogP contribution in [0.1, 0.15) is 181 Å². The Morgan fingerprint density at radius 3 is 1.03 bits per heavy atom. The molecule has 0 amide bonds. The van der Waals surface area contributed by atoms with Gasteiger partial charge in [0.2, 0.25) is 0 Å². The Morgan fingerprint density at radius 1 is 0.406 bits per heavy atom. The molecule has 0 aromatic rings. The van der Waals surface area contributed by atoms with E-state index < -0.39 is 6.29 Å². The van der Waals surface area contributed by atoms with Gasteiger partial charge in [-0.25, -0.2) is 5.11 Å².